The summed E-state index contributed by atoms with van der Waals surface area (Å²) in [7, 11) is 0. The van der Waals surface area contributed by atoms with Crippen molar-refractivity contribution in [2.24, 2.45) is 10.9 Å². The van der Waals surface area contributed by atoms with Gasteiger partial charge in [-0.05, 0) is 24.1 Å². The summed E-state index contributed by atoms with van der Waals surface area (Å²) in [4.78, 5) is 30.7. The Morgan fingerprint density at radius 3 is 2.56 bits per heavy atom. The number of amides is 1. The summed E-state index contributed by atoms with van der Waals surface area (Å²) >= 11 is 6.24. The molecule has 0 aromatic heterocycles. The van der Waals surface area contributed by atoms with Crippen molar-refractivity contribution in [2.75, 3.05) is 11.4 Å². The largest absolute Gasteiger partial charge is 0.481 e. The number of carboxylic acids is 1. The number of anilines is 1. The summed E-state index contributed by atoms with van der Waals surface area (Å²) in [5.74, 6) is -1.18. The zero-order valence-electron chi connectivity index (χ0n) is 15.2. The van der Waals surface area contributed by atoms with Crippen LogP contribution < -0.4 is 4.90 Å². The van der Waals surface area contributed by atoms with Crippen LogP contribution in [0.4, 0.5) is 5.69 Å². The number of fused-ring (bicyclic) bond motifs is 1. The van der Waals surface area contributed by atoms with Gasteiger partial charge in [-0.2, -0.15) is 0 Å². The average molecular weight is 385 g/mol. The molecule has 27 heavy (non-hydrogen) atoms. The molecule has 1 amide bonds. The van der Waals surface area contributed by atoms with Crippen molar-refractivity contribution in [3.8, 4) is 0 Å². The Morgan fingerprint density at radius 1 is 1.22 bits per heavy atom. The van der Waals surface area contributed by atoms with Crippen LogP contribution in [-0.2, 0) is 9.59 Å². The first-order chi connectivity index (χ1) is 12.9. The number of aliphatic imine (C=N–C) groups is 1. The van der Waals surface area contributed by atoms with Gasteiger partial charge >= 0.3 is 5.97 Å². The van der Waals surface area contributed by atoms with Gasteiger partial charge in [0.25, 0.3) is 5.91 Å². The molecule has 1 atom stereocenters. The van der Waals surface area contributed by atoms with E-state index in [0.29, 0.717) is 16.4 Å². The number of carbonyl (C=O) groups excluding carboxylic acids is 1. The highest BCUT2D eigenvalue weighted by Gasteiger charge is 2.33. The molecule has 140 valence electrons. The standard InChI is InChI=1S/C21H21ClN2O3/c1-13(2)19-21(27)24(11-10-18(25)26)17-9-8-15(22)12-16(17)20(23-19)14-6-4-3-5-7-14/h3-9,12-13,19H,10-11H2,1-2H3,(H,25,26)/t19-/m0/s1. The van der Waals surface area contributed by atoms with Gasteiger partial charge in [0, 0.05) is 22.7 Å². The number of aliphatic carboxylic acids is 1. The van der Waals surface area contributed by atoms with Gasteiger partial charge in [0.2, 0.25) is 0 Å². The molecule has 0 aliphatic carbocycles. The second kappa shape index (κ2) is 7.92. The summed E-state index contributed by atoms with van der Waals surface area (Å²) < 4.78 is 0. The Bertz CT molecular complexity index is 894. The van der Waals surface area contributed by atoms with Gasteiger partial charge in [0.15, 0.2) is 0 Å². The first-order valence-electron chi connectivity index (χ1n) is 8.85. The number of nitrogens with zero attached hydrogens (tertiary/aromatic N) is 2. The van der Waals surface area contributed by atoms with Gasteiger partial charge in [0.05, 0.1) is 17.8 Å². The molecule has 3 rings (SSSR count). The molecular formula is C21H21ClN2O3. The van der Waals surface area contributed by atoms with Crippen molar-refractivity contribution in [1.82, 2.24) is 0 Å². The summed E-state index contributed by atoms with van der Waals surface area (Å²) in [5, 5.41) is 9.64. The third kappa shape index (κ3) is 4.03. The quantitative estimate of drug-likeness (QED) is 0.846. The Labute approximate surface area is 163 Å². The molecule has 1 heterocycles. The smallest absolute Gasteiger partial charge is 0.305 e. The third-order valence-corrected chi connectivity index (χ3v) is 4.75. The van der Waals surface area contributed by atoms with Crippen LogP contribution in [0.25, 0.3) is 0 Å². The van der Waals surface area contributed by atoms with Gasteiger partial charge in [0.1, 0.15) is 6.04 Å². The van der Waals surface area contributed by atoms with Gasteiger partial charge in [-0.25, -0.2) is 0 Å². The molecule has 6 heteroatoms. The van der Waals surface area contributed by atoms with Crippen molar-refractivity contribution >= 4 is 34.9 Å². The highest BCUT2D eigenvalue weighted by molar-refractivity contribution is 6.32. The molecule has 1 N–H and O–H groups in total. The average Bonchev–Trinajstić information content (AvgIpc) is 2.75. The second-order valence-corrected chi connectivity index (χ2v) is 7.26. The highest BCUT2D eigenvalue weighted by atomic mass is 35.5. The number of carbonyl (C=O) groups is 2. The van der Waals surface area contributed by atoms with E-state index in [1.807, 2.05) is 44.2 Å². The molecule has 0 bridgehead atoms. The second-order valence-electron chi connectivity index (χ2n) is 6.83. The maximum Gasteiger partial charge on any atom is 0.305 e. The van der Waals surface area contributed by atoms with E-state index in [9.17, 15) is 9.59 Å². The van der Waals surface area contributed by atoms with Gasteiger partial charge < -0.3 is 10.0 Å². The third-order valence-electron chi connectivity index (χ3n) is 4.52. The Balaban J connectivity index is 2.21. The molecule has 1 aliphatic rings. The lowest BCUT2D eigenvalue weighted by Gasteiger charge is -2.26. The number of benzene rings is 2. The molecule has 0 unspecified atom stereocenters. The molecule has 2 aromatic carbocycles. The van der Waals surface area contributed by atoms with Gasteiger partial charge in [-0.1, -0.05) is 55.8 Å². The first kappa shape index (κ1) is 19.1. The summed E-state index contributed by atoms with van der Waals surface area (Å²) in [5.41, 5.74) is 2.95. The SMILES string of the molecule is CC(C)[C@@H]1N=C(c2ccccc2)c2cc(Cl)ccc2N(CCC(=O)O)C1=O. The van der Waals surface area contributed by atoms with Crippen LogP contribution in [-0.4, -0.2) is 35.3 Å². The van der Waals surface area contributed by atoms with E-state index in [2.05, 4.69) is 0 Å². The maximum absolute atomic E-state index is 13.2. The van der Waals surface area contributed by atoms with Crippen LogP contribution in [0, 0.1) is 5.92 Å². The van der Waals surface area contributed by atoms with E-state index in [0.717, 1.165) is 11.1 Å². The monoisotopic (exact) mass is 384 g/mol. The molecule has 1 aliphatic heterocycles. The predicted octanol–water partition coefficient (Wildman–Crippen LogP) is 4.02. The maximum atomic E-state index is 13.2. The lowest BCUT2D eigenvalue weighted by molar-refractivity contribution is -0.136. The molecule has 2 aromatic rings. The van der Waals surface area contributed by atoms with E-state index in [1.165, 1.54) is 4.90 Å². The van der Waals surface area contributed by atoms with E-state index < -0.39 is 12.0 Å². The van der Waals surface area contributed by atoms with Crippen LogP contribution in [0.15, 0.2) is 53.5 Å². The minimum Gasteiger partial charge on any atom is -0.481 e. The zero-order valence-corrected chi connectivity index (χ0v) is 16.0. The van der Waals surface area contributed by atoms with Crippen LogP contribution in [0.3, 0.4) is 0 Å². The summed E-state index contributed by atoms with van der Waals surface area (Å²) in [6.45, 7) is 3.96. The van der Waals surface area contributed by atoms with E-state index in [-0.39, 0.29) is 24.8 Å². The fraction of sp³-hybridized carbons (Fsp3) is 0.286. The Hall–Kier alpha value is -2.66. The topological polar surface area (TPSA) is 70.0 Å². The van der Waals surface area contributed by atoms with Gasteiger partial charge in [-0.15, -0.1) is 0 Å². The molecule has 0 spiro atoms. The number of hydrogen-bond donors (Lipinski definition) is 1. The Kier molecular flexibility index (Phi) is 5.61. The number of rotatable bonds is 5. The van der Waals surface area contributed by atoms with Crippen molar-refractivity contribution < 1.29 is 14.7 Å². The molecule has 0 radical (unpaired) electrons. The number of hydrogen-bond acceptors (Lipinski definition) is 3. The molecule has 0 saturated carbocycles. The fourth-order valence-electron chi connectivity index (χ4n) is 3.17. The number of carboxylic acid groups (broad SMARTS) is 1. The minimum atomic E-state index is -0.951. The van der Waals surface area contributed by atoms with Gasteiger partial charge in [-0.3, -0.25) is 14.6 Å². The number of benzodiazepines with no additional fused rings is 1. The molecule has 5 nitrogen and oxygen atoms in total. The highest BCUT2D eigenvalue weighted by Crippen LogP contribution is 2.32. The van der Waals surface area contributed by atoms with E-state index in [4.69, 9.17) is 21.7 Å². The van der Waals surface area contributed by atoms with Crippen molar-refractivity contribution in [3.05, 3.63) is 64.7 Å². The lowest BCUT2D eigenvalue weighted by Crippen LogP contribution is -2.41. The summed E-state index contributed by atoms with van der Waals surface area (Å²) in [6.07, 6.45) is -0.140. The Morgan fingerprint density at radius 2 is 1.93 bits per heavy atom. The molecule has 0 saturated heterocycles. The number of halogens is 1. The minimum absolute atomic E-state index is 0.0340. The van der Waals surface area contributed by atoms with Crippen molar-refractivity contribution in [3.63, 3.8) is 0 Å². The predicted molar refractivity (Wildman–Crippen MR) is 107 cm³/mol. The van der Waals surface area contributed by atoms with Crippen LogP contribution in [0.5, 0.6) is 0 Å². The first-order valence-corrected chi connectivity index (χ1v) is 9.22. The molecule has 0 fully saturated rings. The van der Waals surface area contributed by atoms with Crippen molar-refractivity contribution in [2.45, 2.75) is 26.3 Å². The normalized spacial score (nSPS) is 16.7. The summed E-state index contributed by atoms with van der Waals surface area (Å²) in [6, 6.07) is 14.3. The van der Waals surface area contributed by atoms with E-state index >= 15 is 0 Å². The van der Waals surface area contributed by atoms with E-state index in [1.54, 1.807) is 18.2 Å². The van der Waals surface area contributed by atoms with Crippen LogP contribution in [0.1, 0.15) is 31.4 Å². The van der Waals surface area contributed by atoms with Crippen LogP contribution >= 0.6 is 11.6 Å². The zero-order chi connectivity index (χ0) is 19.6. The fourth-order valence-corrected chi connectivity index (χ4v) is 3.35. The lowest BCUT2D eigenvalue weighted by atomic mass is 10.00. The van der Waals surface area contributed by atoms with Crippen molar-refractivity contribution in [1.29, 1.82) is 0 Å². The van der Waals surface area contributed by atoms with Crippen LogP contribution in [0.2, 0.25) is 5.02 Å². The molecular weight excluding hydrogens is 364 g/mol.